The highest BCUT2D eigenvalue weighted by atomic mass is 16.5. The van der Waals surface area contributed by atoms with Gasteiger partial charge in [0.2, 0.25) is 5.91 Å². The number of rotatable bonds is 13. The molecule has 3 heterocycles. The van der Waals surface area contributed by atoms with Gasteiger partial charge in [-0.25, -0.2) is 9.97 Å². The van der Waals surface area contributed by atoms with Gasteiger partial charge in [-0.05, 0) is 61.9 Å². The average Bonchev–Trinajstić information content (AvgIpc) is 3.11. The van der Waals surface area contributed by atoms with Crippen molar-refractivity contribution in [2.24, 2.45) is 0 Å². The second kappa shape index (κ2) is 15.8. The second-order valence-electron chi connectivity index (χ2n) is 11.8. The minimum atomic E-state index is -0.259. The van der Waals surface area contributed by atoms with E-state index in [2.05, 4.69) is 48.4 Å². The third-order valence-corrected chi connectivity index (χ3v) is 9.08. The van der Waals surface area contributed by atoms with Crippen molar-refractivity contribution in [1.82, 2.24) is 14.9 Å². The van der Waals surface area contributed by atoms with Gasteiger partial charge in [0.15, 0.2) is 0 Å². The van der Waals surface area contributed by atoms with Gasteiger partial charge in [0.25, 0.3) is 0 Å². The molecular weight excluding hydrogens is 580 g/mol. The summed E-state index contributed by atoms with van der Waals surface area (Å²) in [6, 6.07) is 12.4. The molecule has 2 aliphatic heterocycles. The maximum Gasteiger partial charge on any atom is 0.247 e. The highest BCUT2D eigenvalue weighted by Gasteiger charge is 2.29. The topological polar surface area (TPSA) is 128 Å². The van der Waals surface area contributed by atoms with Crippen molar-refractivity contribution in [1.29, 1.82) is 5.41 Å². The molecule has 0 bridgehead atoms. The molecule has 4 N–H and O–H groups in total. The van der Waals surface area contributed by atoms with E-state index in [-0.39, 0.29) is 5.91 Å². The Morgan fingerprint density at radius 3 is 2.48 bits per heavy atom. The minimum absolute atomic E-state index is 0.259. The van der Waals surface area contributed by atoms with Crippen LogP contribution in [0.15, 0.2) is 55.4 Å². The van der Waals surface area contributed by atoms with Crippen molar-refractivity contribution >= 4 is 40.7 Å². The summed E-state index contributed by atoms with van der Waals surface area (Å²) < 4.78 is 11.1. The molecule has 0 spiro atoms. The first-order chi connectivity index (χ1) is 22.5. The Bertz CT molecular complexity index is 1510. The van der Waals surface area contributed by atoms with Crippen LogP contribution in [0.2, 0.25) is 0 Å². The molecule has 5 rings (SSSR count). The molecule has 0 radical (unpaired) electrons. The molecule has 11 heteroatoms. The van der Waals surface area contributed by atoms with Crippen molar-refractivity contribution < 1.29 is 14.3 Å². The first kappa shape index (κ1) is 33.1. The third-order valence-electron chi connectivity index (χ3n) is 9.08. The van der Waals surface area contributed by atoms with E-state index in [0.29, 0.717) is 31.0 Å². The summed E-state index contributed by atoms with van der Waals surface area (Å²) in [6.45, 7) is 8.21. The molecule has 1 amide bonds. The number of nitrogens with one attached hydrogen (secondary N) is 4. The fourth-order valence-corrected chi connectivity index (χ4v) is 6.44. The van der Waals surface area contributed by atoms with Gasteiger partial charge in [0, 0.05) is 88.3 Å². The Morgan fingerprint density at radius 1 is 1.02 bits per heavy atom. The number of hydrogen-bond donors (Lipinski definition) is 4. The molecular formula is C35H46N8O3. The normalized spacial score (nSPS) is 16.2. The molecule has 11 nitrogen and oxygen atoms in total. The van der Waals surface area contributed by atoms with Crippen LogP contribution < -0.4 is 20.9 Å². The largest absolute Gasteiger partial charge is 0.388 e. The molecule has 3 aromatic rings. The second-order valence-corrected chi connectivity index (χ2v) is 11.8. The number of carbonyl (C=O) groups is 1. The number of hydrogen-bond acceptors (Lipinski definition) is 10. The van der Waals surface area contributed by atoms with Gasteiger partial charge in [0.1, 0.15) is 12.1 Å². The van der Waals surface area contributed by atoms with E-state index in [1.165, 1.54) is 18.6 Å². The van der Waals surface area contributed by atoms with Crippen molar-refractivity contribution in [3.05, 3.63) is 66.5 Å². The Balaban J connectivity index is 1.41. The van der Waals surface area contributed by atoms with Crippen LogP contribution in [-0.2, 0) is 20.7 Å². The molecule has 2 aromatic carbocycles. The molecule has 244 valence electrons. The van der Waals surface area contributed by atoms with Crippen LogP contribution in [-0.4, -0.2) is 93.2 Å². The van der Waals surface area contributed by atoms with Gasteiger partial charge in [-0.15, -0.1) is 0 Å². The number of piperidine rings is 2. The zero-order valence-electron chi connectivity index (χ0n) is 27.1. The first-order valence-electron chi connectivity index (χ1n) is 16.0. The standard InChI is InChI=1S/C35H46N8O3/c1-5-35(44)41-32-20-31(40-34-21-30(38-23-39-34)24-6-7-26(22-36)29(18-24)37-2)25(12-17-45-3)19-33(32)43-13-8-27(9-14-43)42-15-10-28(46-4)11-16-42/h5-7,18-23,27-28,36-37H,1,8-17H2,2-4H3,(H,41,44)(H,38,39,40). The molecule has 46 heavy (non-hydrogen) atoms. The van der Waals surface area contributed by atoms with Crippen molar-refractivity contribution in [3.63, 3.8) is 0 Å². The van der Waals surface area contributed by atoms with E-state index in [4.69, 9.17) is 14.9 Å². The fraction of sp³-hybridized carbons (Fsp3) is 0.429. The Kier molecular flexibility index (Phi) is 11.4. The predicted molar refractivity (Wildman–Crippen MR) is 186 cm³/mol. The highest BCUT2D eigenvalue weighted by Crippen LogP contribution is 2.37. The lowest BCUT2D eigenvalue weighted by molar-refractivity contribution is -0.111. The van der Waals surface area contributed by atoms with Gasteiger partial charge < -0.3 is 40.6 Å². The molecule has 0 unspecified atom stereocenters. The number of ether oxygens (including phenoxy) is 2. The Morgan fingerprint density at radius 2 is 1.80 bits per heavy atom. The molecule has 1 aromatic heterocycles. The maximum absolute atomic E-state index is 12.6. The lowest BCUT2D eigenvalue weighted by Gasteiger charge is -2.42. The summed E-state index contributed by atoms with van der Waals surface area (Å²) in [7, 11) is 5.35. The van der Waals surface area contributed by atoms with Gasteiger partial charge in [-0.1, -0.05) is 18.7 Å². The van der Waals surface area contributed by atoms with Crippen LogP contribution in [0.1, 0.15) is 36.8 Å². The number of aromatic nitrogens is 2. The van der Waals surface area contributed by atoms with E-state index < -0.39 is 0 Å². The van der Waals surface area contributed by atoms with Crippen LogP contribution in [0.25, 0.3) is 11.3 Å². The van der Waals surface area contributed by atoms with E-state index in [0.717, 1.165) is 97.0 Å². The van der Waals surface area contributed by atoms with E-state index in [1.54, 1.807) is 7.11 Å². The van der Waals surface area contributed by atoms with Crippen molar-refractivity contribution in [2.75, 3.05) is 74.9 Å². The summed E-state index contributed by atoms with van der Waals surface area (Å²) in [6.07, 6.45) is 9.54. The summed E-state index contributed by atoms with van der Waals surface area (Å²) >= 11 is 0. The van der Waals surface area contributed by atoms with Crippen molar-refractivity contribution in [3.8, 4) is 11.3 Å². The number of nitrogens with zero attached hydrogens (tertiary/aromatic N) is 4. The molecule has 0 aliphatic carbocycles. The van der Waals surface area contributed by atoms with Gasteiger partial charge in [0.05, 0.1) is 29.8 Å². The number of methoxy groups -OCH3 is 2. The highest BCUT2D eigenvalue weighted by molar-refractivity contribution is 6.02. The van der Waals surface area contributed by atoms with Crippen LogP contribution >= 0.6 is 0 Å². The van der Waals surface area contributed by atoms with Crippen LogP contribution in [0.5, 0.6) is 0 Å². The molecule has 0 atom stereocenters. The molecule has 2 fully saturated rings. The summed E-state index contributed by atoms with van der Waals surface area (Å²) in [5.41, 5.74) is 6.91. The van der Waals surface area contributed by atoms with Gasteiger partial charge in [-0.2, -0.15) is 0 Å². The first-order valence-corrected chi connectivity index (χ1v) is 16.0. The Hall–Kier alpha value is -4.32. The summed E-state index contributed by atoms with van der Waals surface area (Å²) in [4.78, 5) is 26.6. The summed E-state index contributed by atoms with van der Waals surface area (Å²) in [5, 5.41) is 17.4. The average molecular weight is 627 g/mol. The van der Waals surface area contributed by atoms with E-state index in [1.807, 2.05) is 44.5 Å². The van der Waals surface area contributed by atoms with Crippen molar-refractivity contribution in [2.45, 2.75) is 44.2 Å². The predicted octanol–water partition coefficient (Wildman–Crippen LogP) is 5.32. The zero-order chi connectivity index (χ0) is 32.5. The lowest BCUT2D eigenvalue weighted by atomic mass is 9.97. The lowest BCUT2D eigenvalue weighted by Crippen LogP contribution is -2.48. The van der Waals surface area contributed by atoms with Crippen LogP contribution in [0.4, 0.5) is 28.6 Å². The maximum atomic E-state index is 12.6. The number of benzene rings is 2. The third kappa shape index (κ3) is 7.90. The van der Waals surface area contributed by atoms with E-state index >= 15 is 0 Å². The number of amides is 1. The fourth-order valence-electron chi connectivity index (χ4n) is 6.44. The SMILES string of the molecule is C=CC(=O)Nc1cc(Nc2cc(-c3ccc(C=N)c(NC)c3)ncn2)c(CCOC)cc1N1CCC(N2CCC(OC)CC2)CC1. The molecule has 2 aliphatic rings. The monoisotopic (exact) mass is 626 g/mol. The smallest absolute Gasteiger partial charge is 0.247 e. The van der Waals surface area contributed by atoms with Gasteiger partial charge in [-0.3, -0.25) is 4.79 Å². The van der Waals surface area contributed by atoms with E-state index in [9.17, 15) is 4.79 Å². The summed E-state index contributed by atoms with van der Waals surface area (Å²) in [5.74, 6) is 0.364. The molecule has 0 saturated carbocycles. The molecule has 2 saturated heterocycles. The quantitative estimate of drug-likeness (QED) is 0.147. The van der Waals surface area contributed by atoms with Crippen LogP contribution in [0.3, 0.4) is 0 Å². The van der Waals surface area contributed by atoms with Crippen LogP contribution in [0, 0.1) is 5.41 Å². The number of carbonyl (C=O) groups excluding carboxylic acids is 1. The minimum Gasteiger partial charge on any atom is -0.388 e. The van der Waals surface area contributed by atoms with Gasteiger partial charge >= 0.3 is 0 Å². The zero-order valence-corrected chi connectivity index (χ0v) is 27.1. The number of likely N-dealkylation sites (tertiary alicyclic amines) is 1. The Labute approximate surface area is 271 Å². The number of anilines is 5.